The molecule has 0 fully saturated rings. The molecule has 0 aromatic rings. The van der Waals surface area contributed by atoms with Gasteiger partial charge in [0.15, 0.2) is 6.29 Å². The number of carbonyl (C=O) groups is 2. The molecule has 124 valence electrons. The predicted molar refractivity (Wildman–Crippen MR) is 81.6 cm³/mol. The zero-order valence-electron chi connectivity index (χ0n) is 13.5. The van der Waals surface area contributed by atoms with E-state index in [0.717, 1.165) is 25.7 Å². The SMILES string of the molecule is CCCCCCC(=O)NC(CCC(=O)NCC)C(O)OC. The number of amides is 2. The first kappa shape index (κ1) is 19.9. The molecule has 2 unspecified atom stereocenters. The standard InChI is InChI=1S/C15H30N2O4/c1-4-6-7-8-9-14(19)17-12(15(20)21-3)10-11-13(18)16-5-2/h12,15,20H,4-11H2,1-3H3,(H,16,18)(H,17,19). The van der Waals surface area contributed by atoms with Gasteiger partial charge in [-0.3, -0.25) is 9.59 Å². The molecular weight excluding hydrogens is 272 g/mol. The minimum Gasteiger partial charge on any atom is -0.366 e. The van der Waals surface area contributed by atoms with E-state index in [1.165, 1.54) is 7.11 Å². The van der Waals surface area contributed by atoms with Crippen LogP contribution >= 0.6 is 0 Å². The van der Waals surface area contributed by atoms with Gasteiger partial charge in [-0.15, -0.1) is 0 Å². The van der Waals surface area contributed by atoms with E-state index in [9.17, 15) is 14.7 Å². The molecule has 0 saturated heterocycles. The molecule has 6 nitrogen and oxygen atoms in total. The van der Waals surface area contributed by atoms with Crippen LogP contribution in [0.5, 0.6) is 0 Å². The molecule has 2 atom stereocenters. The van der Waals surface area contributed by atoms with Gasteiger partial charge in [0.2, 0.25) is 11.8 Å². The summed E-state index contributed by atoms with van der Waals surface area (Å²) >= 11 is 0. The van der Waals surface area contributed by atoms with Crippen molar-refractivity contribution in [1.82, 2.24) is 10.6 Å². The van der Waals surface area contributed by atoms with Crippen LogP contribution in [0, 0.1) is 0 Å². The van der Waals surface area contributed by atoms with Gasteiger partial charge >= 0.3 is 0 Å². The molecule has 0 saturated carbocycles. The van der Waals surface area contributed by atoms with Gasteiger partial charge in [0.25, 0.3) is 0 Å². The lowest BCUT2D eigenvalue weighted by atomic mass is 10.1. The number of methoxy groups -OCH3 is 1. The number of aliphatic hydroxyl groups is 1. The number of unbranched alkanes of at least 4 members (excludes halogenated alkanes) is 3. The first-order valence-corrected chi connectivity index (χ1v) is 7.82. The van der Waals surface area contributed by atoms with E-state index in [-0.39, 0.29) is 18.2 Å². The van der Waals surface area contributed by atoms with Crippen molar-refractivity contribution in [2.75, 3.05) is 13.7 Å². The van der Waals surface area contributed by atoms with E-state index >= 15 is 0 Å². The first-order chi connectivity index (χ1) is 10.0. The Hall–Kier alpha value is -1.14. The Morgan fingerprint density at radius 1 is 1.10 bits per heavy atom. The summed E-state index contributed by atoms with van der Waals surface area (Å²) < 4.78 is 4.86. The summed E-state index contributed by atoms with van der Waals surface area (Å²) in [6.45, 7) is 4.53. The van der Waals surface area contributed by atoms with E-state index in [1.807, 2.05) is 6.92 Å². The van der Waals surface area contributed by atoms with E-state index in [0.29, 0.717) is 19.4 Å². The number of carbonyl (C=O) groups excluding carboxylic acids is 2. The Morgan fingerprint density at radius 3 is 2.38 bits per heavy atom. The summed E-state index contributed by atoms with van der Waals surface area (Å²) in [5, 5.41) is 15.2. The second-order valence-corrected chi connectivity index (χ2v) is 5.10. The molecule has 0 aliphatic heterocycles. The maximum absolute atomic E-state index is 11.8. The molecule has 6 heteroatoms. The highest BCUT2D eigenvalue weighted by Crippen LogP contribution is 2.07. The normalized spacial score (nSPS) is 13.5. The minimum atomic E-state index is -1.10. The van der Waals surface area contributed by atoms with Crippen molar-refractivity contribution >= 4 is 11.8 Å². The van der Waals surface area contributed by atoms with Crippen LogP contribution in [-0.2, 0) is 14.3 Å². The summed E-state index contributed by atoms with van der Waals surface area (Å²) in [5.74, 6) is -0.203. The fourth-order valence-corrected chi connectivity index (χ4v) is 2.01. The molecule has 3 N–H and O–H groups in total. The Bertz CT molecular complexity index is 297. The van der Waals surface area contributed by atoms with Crippen molar-refractivity contribution in [2.45, 2.75) is 71.1 Å². The van der Waals surface area contributed by atoms with Crippen LogP contribution in [0.25, 0.3) is 0 Å². The van der Waals surface area contributed by atoms with E-state index in [2.05, 4.69) is 17.6 Å². The second kappa shape index (κ2) is 12.6. The second-order valence-electron chi connectivity index (χ2n) is 5.10. The van der Waals surface area contributed by atoms with Crippen LogP contribution in [-0.4, -0.2) is 42.9 Å². The topological polar surface area (TPSA) is 87.7 Å². The van der Waals surface area contributed by atoms with Crippen LogP contribution in [0.3, 0.4) is 0 Å². The molecule has 0 radical (unpaired) electrons. The van der Waals surface area contributed by atoms with Gasteiger partial charge in [0, 0.05) is 26.5 Å². The smallest absolute Gasteiger partial charge is 0.220 e. The third kappa shape index (κ3) is 10.3. The summed E-state index contributed by atoms with van der Waals surface area (Å²) in [4.78, 5) is 23.3. The van der Waals surface area contributed by atoms with Crippen LogP contribution < -0.4 is 10.6 Å². The summed E-state index contributed by atoms with van der Waals surface area (Å²) in [5.41, 5.74) is 0. The summed E-state index contributed by atoms with van der Waals surface area (Å²) in [7, 11) is 1.37. The van der Waals surface area contributed by atoms with Crippen molar-refractivity contribution in [3.63, 3.8) is 0 Å². The van der Waals surface area contributed by atoms with E-state index in [1.54, 1.807) is 0 Å². The van der Waals surface area contributed by atoms with Crippen molar-refractivity contribution in [3.8, 4) is 0 Å². The molecule has 0 spiro atoms. The molecular formula is C15H30N2O4. The fraction of sp³-hybridized carbons (Fsp3) is 0.867. The van der Waals surface area contributed by atoms with Gasteiger partial charge in [0.05, 0.1) is 6.04 Å². The molecule has 0 aliphatic carbocycles. The average Bonchev–Trinajstić information content (AvgIpc) is 2.47. The molecule has 0 rings (SSSR count). The number of aliphatic hydroxyl groups excluding tert-OH is 1. The number of hydrogen-bond acceptors (Lipinski definition) is 4. The Balaban J connectivity index is 4.16. The van der Waals surface area contributed by atoms with Gasteiger partial charge in [-0.2, -0.15) is 0 Å². The van der Waals surface area contributed by atoms with Gasteiger partial charge < -0.3 is 20.5 Å². The van der Waals surface area contributed by atoms with Crippen LogP contribution in [0.4, 0.5) is 0 Å². The zero-order valence-corrected chi connectivity index (χ0v) is 13.5. The third-order valence-corrected chi connectivity index (χ3v) is 3.25. The number of hydrogen-bond donors (Lipinski definition) is 3. The van der Waals surface area contributed by atoms with Gasteiger partial charge in [-0.05, 0) is 19.8 Å². The van der Waals surface area contributed by atoms with Crippen molar-refractivity contribution in [3.05, 3.63) is 0 Å². The molecule has 0 aromatic heterocycles. The maximum atomic E-state index is 11.8. The minimum absolute atomic E-state index is 0.0944. The highest BCUT2D eigenvalue weighted by molar-refractivity contribution is 5.77. The molecule has 21 heavy (non-hydrogen) atoms. The monoisotopic (exact) mass is 302 g/mol. The average molecular weight is 302 g/mol. The fourth-order valence-electron chi connectivity index (χ4n) is 2.01. The van der Waals surface area contributed by atoms with E-state index < -0.39 is 12.3 Å². The molecule has 0 bridgehead atoms. The van der Waals surface area contributed by atoms with Crippen molar-refractivity contribution in [2.24, 2.45) is 0 Å². The quantitative estimate of drug-likeness (QED) is 0.375. The summed E-state index contributed by atoms with van der Waals surface area (Å²) in [6, 6.07) is -0.559. The lowest BCUT2D eigenvalue weighted by molar-refractivity contribution is -0.132. The highest BCUT2D eigenvalue weighted by atomic mass is 16.6. The molecule has 0 heterocycles. The lowest BCUT2D eigenvalue weighted by Crippen LogP contribution is -2.44. The Morgan fingerprint density at radius 2 is 1.81 bits per heavy atom. The molecule has 2 amide bonds. The van der Waals surface area contributed by atoms with E-state index in [4.69, 9.17) is 4.74 Å². The number of nitrogens with one attached hydrogen (secondary N) is 2. The number of rotatable bonds is 12. The molecule has 0 aliphatic rings. The van der Waals surface area contributed by atoms with Gasteiger partial charge in [0.1, 0.15) is 0 Å². The maximum Gasteiger partial charge on any atom is 0.220 e. The molecule has 0 aromatic carbocycles. The van der Waals surface area contributed by atoms with Gasteiger partial charge in [-0.25, -0.2) is 0 Å². The highest BCUT2D eigenvalue weighted by Gasteiger charge is 2.21. The predicted octanol–water partition coefficient (Wildman–Crippen LogP) is 1.32. The van der Waals surface area contributed by atoms with Crippen LogP contribution in [0.15, 0.2) is 0 Å². The lowest BCUT2D eigenvalue weighted by Gasteiger charge is -2.22. The van der Waals surface area contributed by atoms with Crippen molar-refractivity contribution in [1.29, 1.82) is 0 Å². The first-order valence-electron chi connectivity index (χ1n) is 7.82. The largest absolute Gasteiger partial charge is 0.366 e. The van der Waals surface area contributed by atoms with Crippen LogP contribution in [0.2, 0.25) is 0 Å². The zero-order chi connectivity index (χ0) is 16.1. The summed E-state index contributed by atoms with van der Waals surface area (Å²) in [6.07, 6.45) is 4.05. The Labute approximate surface area is 127 Å². The van der Waals surface area contributed by atoms with Crippen molar-refractivity contribution < 1.29 is 19.4 Å². The Kier molecular flexibility index (Phi) is 11.9. The van der Waals surface area contributed by atoms with Gasteiger partial charge in [-0.1, -0.05) is 26.2 Å². The van der Waals surface area contributed by atoms with Crippen LogP contribution in [0.1, 0.15) is 58.8 Å². The third-order valence-electron chi connectivity index (χ3n) is 3.25. The number of ether oxygens (including phenoxy) is 1.